The predicted molar refractivity (Wildman–Crippen MR) is 52.1 cm³/mol. The van der Waals surface area contributed by atoms with Gasteiger partial charge < -0.3 is 20.5 Å². The van der Waals surface area contributed by atoms with Gasteiger partial charge in [0.1, 0.15) is 6.54 Å². The quantitative estimate of drug-likeness (QED) is 0.492. The van der Waals surface area contributed by atoms with Crippen LogP contribution in [0.1, 0.15) is 13.3 Å². The molecule has 1 amide bonds. The zero-order chi connectivity index (χ0) is 11.3. The van der Waals surface area contributed by atoms with Crippen LogP contribution >= 0.6 is 0 Å². The first-order valence-electron chi connectivity index (χ1n) is 4.98. The van der Waals surface area contributed by atoms with Crippen molar-refractivity contribution in [3.63, 3.8) is 0 Å². The van der Waals surface area contributed by atoms with E-state index in [1.807, 2.05) is 0 Å². The Hall–Kier alpha value is -1.14. The number of ether oxygens (including phenoxy) is 1. The highest BCUT2D eigenvalue weighted by Crippen LogP contribution is 2.05. The summed E-state index contributed by atoms with van der Waals surface area (Å²) in [5.41, 5.74) is 0. The molecule has 0 radical (unpaired) electrons. The predicted octanol–water partition coefficient (Wildman–Crippen LogP) is -1.61. The number of amides is 1. The molecular weight excluding hydrogens is 200 g/mol. The fourth-order valence-corrected chi connectivity index (χ4v) is 1.41. The van der Waals surface area contributed by atoms with Crippen LogP contribution in [0, 0.1) is 0 Å². The summed E-state index contributed by atoms with van der Waals surface area (Å²) >= 11 is 0. The lowest BCUT2D eigenvalue weighted by Crippen LogP contribution is -2.42. The van der Waals surface area contributed by atoms with Crippen LogP contribution in [-0.4, -0.2) is 48.8 Å². The van der Waals surface area contributed by atoms with Crippen LogP contribution in [0.3, 0.4) is 0 Å². The number of hydrogen-bond acceptors (Lipinski definition) is 5. The number of carbonyl (C=O) groups is 2. The molecule has 2 atom stereocenters. The number of hydrogen-bond donors (Lipinski definition) is 3. The summed E-state index contributed by atoms with van der Waals surface area (Å²) in [6.45, 7) is 2.29. The van der Waals surface area contributed by atoms with Crippen molar-refractivity contribution >= 4 is 11.9 Å². The Labute approximate surface area is 88.0 Å². The zero-order valence-corrected chi connectivity index (χ0v) is 8.66. The molecule has 1 fully saturated rings. The van der Waals surface area contributed by atoms with E-state index in [0.29, 0.717) is 19.6 Å². The largest absolute Gasteiger partial charge is 0.465 e. The van der Waals surface area contributed by atoms with E-state index in [9.17, 15) is 14.7 Å². The molecule has 0 saturated carbocycles. The molecule has 1 aliphatic heterocycles. The smallest absolute Gasteiger partial charge is 0.325 e. The average Bonchev–Trinajstić information content (AvgIpc) is 2.62. The molecule has 2 unspecified atom stereocenters. The van der Waals surface area contributed by atoms with E-state index < -0.39 is 18.1 Å². The fraction of sp³-hybridized carbons (Fsp3) is 0.778. The Kier molecular flexibility index (Phi) is 4.51. The normalized spacial score (nSPS) is 24.9. The van der Waals surface area contributed by atoms with Gasteiger partial charge in [0.05, 0.1) is 18.8 Å². The van der Waals surface area contributed by atoms with Crippen molar-refractivity contribution in [2.75, 3.05) is 19.7 Å². The van der Waals surface area contributed by atoms with Gasteiger partial charge in [0, 0.05) is 6.54 Å². The van der Waals surface area contributed by atoms with Gasteiger partial charge in [0.15, 0.2) is 0 Å². The second-order valence-corrected chi connectivity index (χ2v) is 3.37. The van der Waals surface area contributed by atoms with Crippen LogP contribution in [0.4, 0.5) is 0 Å². The highest BCUT2D eigenvalue weighted by atomic mass is 16.5. The Balaban J connectivity index is 2.21. The molecule has 1 aliphatic rings. The SMILES string of the molecule is CCOC(=O)CNC(=O)C1CC(O)CN1. The lowest BCUT2D eigenvalue weighted by atomic mass is 10.2. The minimum Gasteiger partial charge on any atom is -0.465 e. The van der Waals surface area contributed by atoms with Crippen molar-refractivity contribution in [3.05, 3.63) is 0 Å². The number of aliphatic hydroxyl groups excluding tert-OH is 1. The van der Waals surface area contributed by atoms with Gasteiger partial charge in [-0.15, -0.1) is 0 Å². The maximum absolute atomic E-state index is 11.4. The summed E-state index contributed by atoms with van der Waals surface area (Å²) < 4.78 is 4.65. The van der Waals surface area contributed by atoms with Crippen LogP contribution < -0.4 is 10.6 Å². The molecule has 0 aromatic rings. The second kappa shape index (κ2) is 5.67. The molecule has 0 bridgehead atoms. The van der Waals surface area contributed by atoms with Gasteiger partial charge in [-0.05, 0) is 13.3 Å². The van der Waals surface area contributed by atoms with E-state index in [-0.39, 0.29) is 12.5 Å². The summed E-state index contributed by atoms with van der Waals surface area (Å²) in [5.74, 6) is -0.732. The van der Waals surface area contributed by atoms with Crippen molar-refractivity contribution in [2.45, 2.75) is 25.5 Å². The Bertz CT molecular complexity index is 244. The van der Waals surface area contributed by atoms with Crippen LogP contribution in [-0.2, 0) is 14.3 Å². The monoisotopic (exact) mass is 216 g/mol. The van der Waals surface area contributed by atoms with Gasteiger partial charge in [-0.2, -0.15) is 0 Å². The number of β-amino-alcohol motifs (C(OH)–C–C–N with tert-alkyl or cyclic N) is 1. The van der Waals surface area contributed by atoms with E-state index in [0.717, 1.165) is 0 Å². The van der Waals surface area contributed by atoms with Crippen LogP contribution in [0.5, 0.6) is 0 Å². The number of nitrogens with one attached hydrogen (secondary N) is 2. The van der Waals surface area contributed by atoms with Crippen molar-refractivity contribution in [1.82, 2.24) is 10.6 Å². The van der Waals surface area contributed by atoms with Gasteiger partial charge in [0.25, 0.3) is 0 Å². The first kappa shape index (κ1) is 11.9. The van der Waals surface area contributed by atoms with Gasteiger partial charge in [0.2, 0.25) is 5.91 Å². The molecule has 3 N–H and O–H groups in total. The highest BCUT2D eigenvalue weighted by Gasteiger charge is 2.27. The summed E-state index contributed by atoms with van der Waals surface area (Å²) in [4.78, 5) is 22.3. The van der Waals surface area contributed by atoms with E-state index in [1.54, 1.807) is 6.92 Å². The number of rotatable bonds is 4. The van der Waals surface area contributed by atoms with Gasteiger partial charge in [-0.3, -0.25) is 9.59 Å². The molecule has 86 valence electrons. The third-order valence-corrected chi connectivity index (χ3v) is 2.14. The number of esters is 1. The summed E-state index contributed by atoms with van der Waals surface area (Å²) in [6.07, 6.45) is -0.0994. The second-order valence-electron chi connectivity index (χ2n) is 3.37. The van der Waals surface area contributed by atoms with E-state index in [4.69, 9.17) is 0 Å². The minimum atomic E-state index is -0.483. The van der Waals surface area contributed by atoms with Gasteiger partial charge in [-0.25, -0.2) is 0 Å². The molecule has 6 nitrogen and oxygen atoms in total. The van der Waals surface area contributed by atoms with E-state index >= 15 is 0 Å². The van der Waals surface area contributed by atoms with Crippen molar-refractivity contribution in [2.24, 2.45) is 0 Å². The van der Waals surface area contributed by atoms with Crippen LogP contribution in [0.25, 0.3) is 0 Å². The molecule has 0 aromatic heterocycles. The molecule has 15 heavy (non-hydrogen) atoms. The molecule has 6 heteroatoms. The average molecular weight is 216 g/mol. The Morgan fingerprint density at radius 3 is 2.87 bits per heavy atom. The lowest BCUT2D eigenvalue weighted by Gasteiger charge is -2.10. The molecular formula is C9H16N2O4. The first-order valence-corrected chi connectivity index (χ1v) is 4.98. The third-order valence-electron chi connectivity index (χ3n) is 2.14. The van der Waals surface area contributed by atoms with Crippen molar-refractivity contribution in [3.8, 4) is 0 Å². The van der Waals surface area contributed by atoms with Crippen molar-refractivity contribution < 1.29 is 19.4 Å². The van der Waals surface area contributed by atoms with Gasteiger partial charge in [-0.1, -0.05) is 0 Å². The van der Waals surface area contributed by atoms with Gasteiger partial charge >= 0.3 is 5.97 Å². The zero-order valence-electron chi connectivity index (χ0n) is 8.66. The van der Waals surface area contributed by atoms with E-state index in [1.165, 1.54) is 0 Å². The Morgan fingerprint density at radius 2 is 2.33 bits per heavy atom. The van der Waals surface area contributed by atoms with E-state index in [2.05, 4.69) is 15.4 Å². The maximum atomic E-state index is 11.4. The minimum absolute atomic E-state index is 0.124. The molecule has 1 saturated heterocycles. The third kappa shape index (κ3) is 3.85. The van der Waals surface area contributed by atoms with Crippen LogP contribution in [0.15, 0.2) is 0 Å². The number of aliphatic hydroxyl groups is 1. The summed E-state index contributed by atoms with van der Waals surface area (Å²) in [5, 5.41) is 14.5. The number of carbonyl (C=O) groups excluding carboxylic acids is 2. The first-order chi connectivity index (χ1) is 7.13. The topological polar surface area (TPSA) is 87.7 Å². The van der Waals surface area contributed by atoms with Crippen molar-refractivity contribution in [1.29, 1.82) is 0 Å². The van der Waals surface area contributed by atoms with Crippen LogP contribution in [0.2, 0.25) is 0 Å². The summed E-state index contributed by atoms with van der Waals surface area (Å²) in [7, 11) is 0. The lowest BCUT2D eigenvalue weighted by molar-refractivity contribution is -0.143. The Morgan fingerprint density at radius 1 is 1.60 bits per heavy atom. The standard InChI is InChI=1S/C9H16N2O4/c1-2-15-8(13)5-11-9(14)7-3-6(12)4-10-7/h6-7,10,12H,2-5H2,1H3,(H,11,14). The fourth-order valence-electron chi connectivity index (χ4n) is 1.41. The molecule has 0 aromatic carbocycles. The maximum Gasteiger partial charge on any atom is 0.325 e. The highest BCUT2D eigenvalue weighted by molar-refractivity contribution is 5.85. The molecule has 1 heterocycles. The summed E-state index contributed by atoms with van der Waals surface area (Å²) in [6, 6.07) is -0.408. The molecule has 1 rings (SSSR count). The molecule has 0 spiro atoms. The molecule has 0 aliphatic carbocycles.